The standard InChI is InChI=1S/C12H14ClNO/c1-3-4-7-15-12-6-5-10(9-14-2)8-11(12)13/h1,5-6,8,14H,4,7,9H2,2H3. The van der Waals surface area contributed by atoms with Gasteiger partial charge in [-0.15, -0.1) is 12.3 Å². The fourth-order valence-electron chi connectivity index (χ4n) is 1.20. The van der Waals surface area contributed by atoms with Crippen molar-refractivity contribution in [3.8, 4) is 18.1 Å². The Kier molecular flexibility index (Phi) is 5.03. The first-order valence-electron chi connectivity index (χ1n) is 4.77. The summed E-state index contributed by atoms with van der Waals surface area (Å²) in [4.78, 5) is 0. The van der Waals surface area contributed by atoms with E-state index in [1.807, 2.05) is 25.2 Å². The topological polar surface area (TPSA) is 21.3 Å². The minimum atomic E-state index is 0.502. The van der Waals surface area contributed by atoms with Gasteiger partial charge in [0.25, 0.3) is 0 Å². The van der Waals surface area contributed by atoms with Crippen LogP contribution in [0.15, 0.2) is 18.2 Å². The van der Waals surface area contributed by atoms with Gasteiger partial charge in [0.2, 0.25) is 0 Å². The van der Waals surface area contributed by atoms with E-state index < -0.39 is 0 Å². The molecule has 0 aliphatic heterocycles. The Morgan fingerprint density at radius 3 is 2.93 bits per heavy atom. The molecule has 0 saturated heterocycles. The van der Waals surface area contributed by atoms with Crippen LogP contribution >= 0.6 is 11.6 Å². The third-order valence-electron chi connectivity index (χ3n) is 1.88. The van der Waals surface area contributed by atoms with Gasteiger partial charge >= 0.3 is 0 Å². The van der Waals surface area contributed by atoms with Crippen LogP contribution in [0.5, 0.6) is 5.75 Å². The van der Waals surface area contributed by atoms with Crippen LogP contribution in [0.4, 0.5) is 0 Å². The number of halogens is 1. The lowest BCUT2D eigenvalue weighted by molar-refractivity contribution is 0.327. The van der Waals surface area contributed by atoms with Gasteiger partial charge in [-0.1, -0.05) is 17.7 Å². The summed E-state index contributed by atoms with van der Waals surface area (Å²) in [6.07, 6.45) is 5.71. The van der Waals surface area contributed by atoms with E-state index in [0.717, 1.165) is 12.1 Å². The summed E-state index contributed by atoms with van der Waals surface area (Å²) in [6.45, 7) is 1.30. The zero-order valence-electron chi connectivity index (χ0n) is 8.72. The van der Waals surface area contributed by atoms with Gasteiger partial charge in [-0.2, -0.15) is 0 Å². The van der Waals surface area contributed by atoms with E-state index in [9.17, 15) is 0 Å². The summed E-state index contributed by atoms with van der Waals surface area (Å²) in [6, 6.07) is 5.74. The van der Waals surface area contributed by atoms with Crippen molar-refractivity contribution in [2.45, 2.75) is 13.0 Å². The molecule has 0 radical (unpaired) electrons. The number of benzene rings is 1. The van der Waals surface area contributed by atoms with Crippen molar-refractivity contribution in [2.75, 3.05) is 13.7 Å². The molecular formula is C12H14ClNO. The lowest BCUT2D eigenvalue weighted by Gasteiger charge is -2.08. The molecule has 3 heteroatoms. The highest BCUT2D eigenvalue weighted by Crippen LogP contribution is 2.25. The maximum atomic E-state index is 6.04. The molecule has 80 valence electrons. The first kappa shape index (κ1) is 11.9. The van der Waals surface area contributed by atoms with Crippen LogP contribution < -0.4 is 10.1 Å². The highest BCUT2D eigenvalue weighted by Gasteiger charge is 2.02. The predicted molar refractivity (Wildman–Crippen MR) is 63.2 cm³/mol. The molecule has 1 N–H and O–H groups in total. The lowest BCUT2D eigenvalue weighted by atomic mass is 10.2. The van der Waals surface area contributed by atoms with E-state index in [4.69, 9.17) is 22.8 Å². The summed E-state index contributed by atoms with van der Waals surface area (Å²) in [7, 11) is 1.89. The molecule has 1 aromatic rings. The van der Waals surface area contributed by atoms with Crippen LogP contribution in [-0.2, 0) is 6.54 Å². The van der Waals surface area contributed by atoms with Crippen LogP contribution in [0.2, 0.25) is 5.02 Å². The molecule has 0 aromatic heterocycles. The summed E-state index contributed by atoms with van der Waals surface area (Å²) in [5.41, 5.74) is 1.13. The van der Waals surface area contributed by atoms with Gasteiger partial charge in [0.15, 0.2) is 0 Å². The van der Waals surface area contributed by atoms with E-state index in [1.54, 1.807) is 0 Å². The summed E-state index contributed by atoms with van der Waals surface area (Å²) >= 11 is 6.04. The second-order valence-electron chi connectivity index (χ2n) is 3.10. The van der Waals surface area contributed by atoms with Crippen molar-refractivity contribution in [3.63, 3.8) is 0 Å². The second-order valence-corrected chi connectivity index (χ2v) is 3.50. The Hall–Kier alpha value is -1.17. The number of hydrogen-bond acceptors (Lipinski definition) is 2. The molecule has 2 nitrogen and oxygen atoms in total. The number of terminal acetylenes is 1. The minimum Gasteiger partial charge on any atom is -0.491 e. The monoisotopic (exact) mass is 223 g/mol. The van der Waals surface area contributed by atoms with E-state index in [1.165, 1.54) is 0 Å². The lowest BCUT2D eigenvalue weighted by Crippen LogP contribution is -2.05. The van der Waals surface area contributed by atoms with E-state index in [2.05, 4.69) is 11.2 Å². The molecule has 0 saturated carbocycles. The Bertz CT molecular complexity index is 357. The molecule has 1 rings (SSSR count). The zero-order chi connectivity index (χ0) is 11.1. The molecular weight excluding hydrogens is 210 g/mol. The van der Waals surface area contributed by atoms with Crippen molar-refractivity contribution >= 4 is 11.6 Å². The average molecular weight is 224 g/mol. The van der Waals surface area contributed by atoms with Crippen LogP contribution in [0, 0.1) is 12.3 Å². The molecule has 0 unspecified atom stereocenters. The van der Waals surface area contributed by atoms with Crippen LogP contribution in [0.3, 0.4) is 0 Å². The van der Waals surface area contributed by atoms with Gasteiger partial charge in [0.05, 0.1) is 11.6 Å². The molecule has 15 heavy (non-hydrogen) atoms. The molecule has 0 amide bonds. The smallest absolute Gasteiger partial charge is 0.137 e. The average Bonchev–Trinajstić information content (AvgIpc) is 2.22. The Morgan fingerprint density at radius 2 is 2.33 bits per heavy atom. The molecule has 0 spiro atoms. The van der Waals surface area contributed by atoms with E-state index in [0.29, 0.717) is 23.8 Å². The summed E-state index contributed by atoms with van der Waals surface area (Å²) < 4.78 is 5.42. The molecule has 0 heterocycles. The molecule has 0 fully saturated rings. The normalized spacial score (nSPS) is 9.67. The van der Waals surface area contributed by atoms with Gasteiger partial charge in [0, 0.05) is 13.0 Å². The largest absolute Gasteiger partial charge is 0.491 e. The number of ether oxygens (including phenoxy) is 1. The maximum Gasteiger partial charge on any atom is 0.137 e. The fraction of sp³-hybridized carbons (Fsp3) is 0.333. The molecule has 1 aromatic carbocycles. The fourth-order valence-corrected chi connectivity index (χ4v) is 1.45. The van der Waals surface area contributed by atoms with Crippen molar-refractivity contribution in [1.29, 1.82) is 0 Å². The minimum absolute atomic E-state index is 0.502. The number of rotatable bonds is 5. The zero-order valence-corrected chi connectivity index (χ0v) is 9.47. The van der Waals surface area contributed by atoms with Gasteiger partial charge in [-0.3, -0.25) is 0 Å². The first-order chi connectivity index (χ1) is 7.27. The van der Waals surface area contributed by atoms with Gasteiger partial charge in [-0.25, -0.2) is 0 Å². The first-order valence-corrected chi connectivity index (χ1v) is 5.15. The van der Waals surface area contributed by atoms with Crippen molar-refractivity contribution in [2.24, 2.45) is 0 Å². The molecule has 0 atom stereocenters. The summed E-state index contributed by atoms with van der Waals surface area (Å²) in [5, 5.41) is 3.68. The third-order valence-corrected chi connectivity index (χ3v) is 2.18. The van der Waals surface area contributed by atoms with Crippen LogP contribution in [0.25, 0.3) is 0 Å². The Morgan fingerprint density at radius 1 is 1.53 bits per heavy atom. The van der Waals surface area contributed by atoms with Gasteiger partial charge < -0.3 is 10.1 Å². The quantitative estimate of drug-likeness (QED) is 0.612. The van der Waals surface area contributed by atoms with E-state index in [-0.39, 0.29) is 0 Å². The van der Waals surface area contributed by atoms with Gasteiger partial charge in [0.1, 0.15) is 5.75 Å². The SMILES string of the molecule is C#CCCOc1ccc(CNC)cc1Cl. The summed E-state index contributed by atoms with van der Waals surface area (Å²) in [5.74, 6) is 3.20. The Labute approximate surface area is 95.6 Å². The van der Waals surface area contributed by atoms with Crippen molar-refractivity contribution in [1.82, 2.24) is 5.32 Å². The predicted octanol–water partition coefficient (Wildman–Crippen LogP) is 2.46. The van der Waals surface area contributed by atoms with Crippen molar-refractivity contribution < 1.29 is 4.74 Å². The number of nitrogens with one attached hydrogen (secondary N) is 1. The second kappa shape index (κ2) is 6.34. The third kappa shape index (κ3) is 3.83. The molecule has 0 aliphatic rings. The highest BCUT2D eigenvalue weighted by atomic mass is 35.5. The molecule has 0 aliphatic carbocycles. The number of hydrogen-bond donors (Lipinski definition) is 1. The Balaban J connectivity index is 2.62. The van der Waals surface area contributed by atoms with E-state index >= 15 is 0 Å². The van der Waals surface area contributed by atoms with Crippen molar-refractivity contribution in [3.05, 3.63) is 28.8 Å². The molecule has 0 bridgehead atoms. The highest BCUT2D eigenvalue weighted by molar-refractivity contribution is 6.32. The van der Waals surface area contributed by atoms with Crippen LogP contribution in [-0.4, -0.2) is 13.7 Å². The maximum absolute atomic E-state index is 6.04. The van der Waals surface area contributed by atoms with Gasteiger partial charge in [-0.05, 0) is 24.7 Å². The van der Waals surface area contributed by atoms with Crippen LogP contribution in [0.1, 0.15) is 12.0 Å².